The number of nitrogens with one attached hydrogen (secondary N) is 2. The number of methoxy groups -OCH3 is 1. The summed E-state index contributed by atoms with van der Waals surface area (Å²) < 4.78 is 33.0. The molecule has 5 nitrogen and oxygen atoms in total. The van der Waals surface area contributed by atoms with Crippen LogP contribution in [0.5, 0.6) is 5.75 Å². The molecule has 126 valence electrons. The van der Waals surface area contributed by atoms with E-state index in [0.717, 1.165) is 27.7 Å². The smallest absolute Gasteiger partial charge is 0.244 e. The predicted molar refractivity (Wildman–Crippen MR) is 94.8 cm³/mol. The van der Waals surface area contributed by atoms with Crippen molar-refractivity contribution in [2.45, 2.75) is 25.3 Å². The van der Waals surface area contributed by atoms with Crippen LogP contribution in [0.1, 0.15) is 16.8 Å². The maximum atomic E-state index is 12.6. The van der Waals surface area contributed by atoms with E-state index in [9.17, 15) is 8.42 Å². The molecule has 3 rings (SSSR count). The van der Waals surface area contributed by atoms with Crippen LogP contribution in [0.25, 0.3) is 10.9 Å². The van der Waals surface area contributed by atoms with Gasteiger partial charge in [-0.2, -0.15) is 0 Å². The zero-order valence-corrected chi connectivity index (χ0v) is 14.7. The van der Waals surface area contributed by atoms with E-state index >= 15 is 0 Å². The molecule has 0 aliphatic rings. The minimum absolute atomic E-state index is 0.156. The van der Waals surface area contributed by atoms with Crippen molar-refractivity contribution in [2.75, 3.05) is 7.11 Å². The molecule has 0 unspecified atom stereocenters. The average Bonchev–Trinajstić information content (AvgIpc) is 2.92. The highest BCUT2D eigenvalue weighted by Gasteiger charge is 2.19. The molecule has 0 fully saturated rings. The topological polar surface area (TPSA) is 71.2 Å². The Morgan fingerprint density at radius 1 is 1.08 bits per heavy atom. The molecule has 6 heteroatoms. The number of fused-ring (bicyclic) bond motifs is 1. The first-order valence-electron chi connectivity index (χ1n) is 7.61. The summed E-state index contributed by atoms with van der Waals surface area (Å²) in [5.41, 5.74) is 3.88. The van der Waals surface area contributed by atoms with E-state index in [4.69, 9.17) is 4.74 Å². The molecule has 0 aliphatic carbocycles. The Hall–Kier alpha value is -2.31. The molecule has 0 saturated carbocycles. The fraction of sp³-hybridized carbons (Fsp3) is 0.222. The van der Waals surface area contributed by atoms with Gasteiger partial charge in [-0.1, -0.05) is 12.1 Å². The molecule has 2 aromatic carbocycles. The van der Waals surface area contributed by atoms with E-state index in [-0.39, 0.29) is 11.4 Å². The molecule has 0 spiro atoms. The Bertz CT molecular complexity index is 991. The van der Waals surface area contributed by atoms with Crippen LogP contribution in [0.4, 0.5) is 0 Å². The van der Waals surface area contributed by atoms with Gasteiger partial charge < -0.3 is 9.72 Å². The van der Waals surface area contributed by atoms with Crippen LogP contribution in [-0.2, 0) is 16.6 Å². The zero-order valence-electron chi connectivity index (χ0n) is 13.9. The minimum Gasteiger partial charge on any atom is -0.495 e. The first-order chi connectivity index (χ1) is 11.4. The van der Waals surface area contributed by atoms with Crippen LogP contribution in [0, 0.1) is 13.8 Å². The van der Waals surface area contributed by atoms with Crippen molar-refractivity contribution in [2.24, 2.45) is 0 Å². The Kier molecular flexibility index (Phi) is 4.34. The van der Waals surface area contributed by atoms with Crippen LogP contribution in [0.15, 0.2) is 47.4 Å². The van der Waals surface area contributed by atoms with Gasteiger partial charge in [0.25, 0.3) is 0 Å². The molecule has 0 saturated heterocycles. The summed E-state index contributed by atoms with van der Waals surface area (Å²) in [5, 5.41) is 1.07. The molecule has 0 atom stereocenters. The molecule has 1 heterocycles. The number of ether oxygens (including phenoxy) is 1. The summed E-state index contributed by atoms with van der Waals surface area (Å²) >= 11 is 0. The maximum Gasteiger partial charge on any atom is 0.244 e. The lowest BCUT2D eigenvalue weighted by Crippen LogP contribution is -2.23. The molecule has 3 aromatic rings. The highest BCUT2D eigenvalue weighted by molar-refractivity contribution is 7.89. The van der Waals surface area contributed by atoms with Gasteiger partial charge in [0.05, 0.1) is 7.11 Å². The maximum absolute atomic E-state index is 12.6. The van der Waals surface area contributed by atoms with E-state index in [1.165, 1.54) is 7.11 Å². The van der Waals surface area contributed by atoms with Gasteiger partial charge in [0.15, 0.2) is 0 Å². The number of H-pyrrole nitrogens is 1. The molecule has 2 N–H and O–H groups in total. The van der Waals surface area contributed by atoms with Crippen molar-refractivity contribution >= 4 is 20.9 Å². The largest absolute Gasteiger partial charge is 0.495 e. The molecule has 1 aromatic heterocycles. The number of sulfonamides is 1. The number of rotatable bonds is 5. The number of aromatic amines is 1. The fourth-order valence-corrected chi connectivity index (χ4v) is 3.96. The summed E-state index contributed by atoms with van der Waals surface area (Å²) in [5.74, 6) is 0.338. The molecular weight excluding hydrogens is 324 g/mol. The van der Waals surface area contributed by atoms with Gasteiger partial charge in [0.2, 0.25) is 10.0 Å². The van der Waals surface area contributed by atoms with Gasteiger partial charge in [-0.25, -0.2) is 13.1 Å². The number of hydrogen-bond acceptors (Lipinski definition) is 3. The molecule has 0 bridgehead atoms. The highest BCUT2D eigenvalue weighted by atomic mass is 32.2. The summed E-state index contributed by atoms with van der Waals surface area (Å²) in [6.45, 7) is 4.06. The van der Waals surface area contributed by atoms with Gasteiger partial charge in [0.1, 0.15) is 10.6 Å². The minimum atomic E-state index is -3.65. The van der Waals surface area contributed by atoms with E-state index in [2.05, 4.69) is 9.71 Å². The summed E-state index contributed by atoms with van der Waals surface area (Å²) in [6, 6.07) is 13.0. The first kappa shape index (κ1) is 16.5. The van der Waals surface area contributed by atoms with E-state index in [1.807, 2.05) is 44.2 Å². The van der Waals surface area contributed by atoms with Gasteiger partial charge in [-0.3, -0.25) is 0 Å². The van der Waals surface area contributed by atoms with E-state index in [0.29, 0.717) is 5.75 Å². The van der Waals surface area contributed by atoms with E-state index in [1.54, 1.807) is 12.1 Å². The van der Waals surface area contributed by atoms with Gasteiger partial charge in [0, 0.05) is 17.8 Å². The lowest BCUT2D eigenvalue weighted by atomic mass is 10.1. The van der Waals surface area contributed by atoms with Crippen molar-refractivity contribution in [3.05, 3.63) is 59.3 Å². The monoisotopic (exact) mass is 344 g/mol. The molecule has 24 heavy (non-hydrogen) atoms. The van der Waals surface area contributed by atoms with Crippen molar-refractivity contribution < 1.29 is 13.2 Å². The van der Waals surface area contributed by atoms with Crippen LogP contribution < -0.4 is 9.46 Å². The summed E-state index contributed by atoms with van der Waals surface area (Å²) in [6.07, 6.45) is 0. The first-order valence-corrected chi connectivity index (χ1v) is 9.10. The fourth-order valence-electron chi connectivity index (χ4n) is 2.69. The number of hydrogen-bond donors (Lipinski definition) is 2. The Labute approximate surface area is 141 Å². The second kappa shape index (κ2) is 6.30. The van der Waals surface area contributed by atoms with Crippen LogP contribution in [0.2, 0.25) is 0 Å². The summed E-state index contributed by atoms with van der Waals surface area (Å²) in [7, 11) is -2.19. The molecule has 0 amide bonds. The Morgan fingerprint density at radius 2 is 1.88 bits per heavy atom. The normalized spacial score (nSPS) is 11.8. The lowest BCUT2D eigenvalue weighted by molar-refractivity contribution is 0.402. The zero-order chi connectivity index (χ0) is 17.3. The standard InChI is InChI=1S/C18H20N2O3S/c1-12-4-7-17(23-3)18(8-12)24(21,22)19-11-14-5-6-16-15(10-14)9-13(2)20-16/h4-10,19-20H,11H2,1-3H3. The van der Waals surface area contributed by atoms with Crippen LogP contribution in [-0.4, -0.2) is 20.5 Å². The highest BCUT2D eigenvalue weighted by Crippen LogP contribution is 2.25. The quantitative estimate of drug-likeness (QED) is 0.746. The second-order valence-electron chi connectivity index (χ2n) is 5.85. The van der Waals surface area contributed by atoms with Crippen LogP contribution in [0.3, 0.4) is 0 Å². The number of aryl methyl sites for hydroxylation is 2. The third kappa shape index (κ3) is 3.29. The van der Waals surface area contributed by atoms with Crippen molar-refractivity contribution in [3.8, 4) is 5.75 Å². The van der Waals surface area contributed by atoms with Crippen molar-refractivity contribution in [3.63, 3.8) is 0 Å². The van der Waals surface area contributed by atoms with Crippen molar-refractivity contribution in [1.82, 2.24) is 9.71 Å². The Balaban J connectivity index is 1.85. The van der Waals surface area contributed by atoms with Crippen molar-refractivity contribution in [1.29, 1.82) is 0 Å². The molecular formula is C18H20N2O3S. The summed E-state index contributed by atoms with van der Waals surface area (Å²) in [4.78, 5) is 3.41. The lowest BCUT2D eigenvalue weighted by Gasteiger charge is -2.11. The van der Waals surface area contributed by atoms with E-state index < -0.39 is 10.0 Å². The van der Waals surface area contributed by atoms with Gasteiger partial charge in [-0.05, 0) is 60.7 Å². The average molecular weight is 344 g/mol. The third-order valence-corrected chi connectivity index (χ3v) is 5.32. The third-order valence-electron chi connectivity index (χ3n) is 3.89. The predicted octanol–water partition coefficient (Wildman–Crippen LogP) is 3.27. The molecule has 0 aliphatic heterocycles. The van der Waals surface area contributed by atoms with Gasteiger partial charge in [-0.15, -0.1) is 0 Å². The van der Waals surface area contributed by atoms with Crippen LogP contribution >= 0.6 is 0 Å². The number of aromatic nitrogens is 1. The number of benzene rings is 2. The van der Waals surface area contributed by atoms with Gasteiger partial charge >= 0.3 is 0 Å². The Morgan fingerprint density at radius 3 is 2.62 bits per heavy atom. The SMILES string of the molecule is COc1ccc(C)cc1S(=O)(=O)NCc1ccc2[nH]c(C)cc2c1. The second-order valence-corrected chi connectivity index (χ2v) is 7.59. The molecule has 0 radical (unpaired) electrons.